The number of aryl methyl sites for hydroxylation is 2. The first-order valence-electron chi connectivity index (χ1n) is 10.2. The Balaban J connectivity index is 2.15. The molecule has 28 heavy (non-hydrogen) atoms. The summed E-state index contributed by atoms with van der Waals surface area (Å²) in [6.45, 7) is 9.56. The molecule has 0 aliphatic carbocycles. The number of hydrogen-bond acceptors (Lipinski definition) is 5. The average Bonchev–Trinajstić information content (AvgIpc) is 2.65. The van der Waals surface area contributed by atoms with E-state index in [1.165, 1.54) is 31.4 Å². The Morgan fingerprint density at radius 1 is 1.04 bits per heavy atom. The number of unbranched alkanes of at least 4 members (excludes halogenated alkanes) is 4. The maximum atomic E-state index is 6.04. The van der Waals surface area contributed by atoms with E-state index in [1.807, 2.05) is 37.8 Å². The minimum Gasteiger partial charge on any atom is -0.493 e. The highest BCUT2D eigenvalue weighted by Gasteiger charge is 2.07. The van der Waals surface area contributed by atoms with Gasteiger partial charge in [0.25, 0.3) is 0 Å². The van der Waals surface area contributed by atoms with Gasteiger partial charge in [0.1, 0.15) is 25.2 Å². The Kier molecular flexibility index (Phi) is 13.4. The normalized spacial score (nSPS) is 11.8. The molecule has 1 rings (SSSR count). The molecule has 4 nitrogen and oxygen atoms in total. The molecule has 0 aliphatic rings. The summed E-state index contributed by atoms with van der Waals surface area (Å²) in [6, 6.07) is 4.12. The molecule has 0 radical (unpaired) electrons. The van der Waals surface area contributed by atoms with Crippen LogP contribution < -0.4 is 9.47 Å². The summed E-state index contributed by atoms with van der Waals surface area (Å²) >= 11 is 1.93. The van der Waals surface area contributed by atoms with Crippen molar-refractivity contribution in [2.45, 2.75) is 59.8 Å². The van der Waals surface area contributed by atoms with Gasteiger partial charge in [0.05, 0.1) is 12.3 Å². The quantitative estimate of drug-likeness (QED) is 0.147. The molecule has 1 aromatic rings. The molecule has 0 spiro atoms. The first-order chi connectivity index (χ1) is 13.6. The van der Waals surface area contributed by atoms with Gasteiger partial charge in [-0.15, -0.1) is 0 Å². The zero-order valence-electron chi connectivity index (χ0n) is 18.3. The number of thioether (sulfide) groups is 1. The van der Waals surface area contributed by atoms with E-state index in [0.717, 1.165) is 47.1 Å². The summed E-state index contributed by atoms with van der Waals surface area (Å²) in [5.74, 6) is 4.05. The van der Waals surface area contributed by atoms with E-state index in [2.05, 4.69) is 31.1 Å². The first kappa shape index (κ1) is 24.4. The van der Waals surface area contributed by atoms with Gasteiger partial charge in [0, 0.05) is 5.75 Å². The molecule has 0 aromatic heterocycles. The third-order valence-corrected chi connectivity index (χ3v) is 5.45. The molecule has 1 aromatic carbocycles. The first-order valence-corrected chi connectivity index (χ1v) is 11.4. The van der Waals surface area contributed by atoms with E-state index in [1.54, 1.807) is 7.11 Å². The fraction of sp³-hybridized carbons (Fsp3) is 0.609. The molecule has 0 amide bonds. The molecule has 0 bridgehead atoms. The highest BCUT2D eigenvalue weighted by Crippen LogP contribution is 2.28. The van der Waals surface area contributed by atoms with Crippen LogP contribution in [0.3, 0.4) is 0 Å². The lowest BCUT2D eigenvalue weighted by molar-refractivity contribution is 0.213. The van der Waals surface area contributed by atoms with Gasteiger partial charge in [-0.2, -0.15) is 11.8 Å². The molecule has 0 aliphatic heterocycles. The molecule has 0 saturated heterocycles. The minimum atomic E-state index is 0.606. The number of hydrogen-bond donors (Lipinski definition) is 0. The Morgan fingerprint density at radius 2 is 1.71 bits per heavy atom. The van der Waals surface area contributed by atoms with Crippen LogP contribution in [0.2, 0.25) is 0 Å². The van der Waals surface area contributed by atoms with Crippen molar-refractivity contribution in [1.29, 1.82) is 0 Å². The Hall–Kier alpha value is -1.62. The lowest BCUT2D eigenvalue weighted by atomic mass is 10.1. The van der Waals surface area contributed by atoms with Crippen LogP contribution in [0.1, 0.15) is 57.1 Å². The Labute approximate surface area is 175 Å². The van der Waals surface area contributed by atoms with Gasteiger partial charge >= 0.3 is 0 Å². The van der Waals surface area contributed by atoms with E-state index < -0.39 is 0 Å². The lowest BCUT2D eigenvalue weighted by Gasteiger charge is -2.14. The Bertz CT molecular complexity index is 591. The molecule has 5 heteroatoms. The van der Waals surface area contributed by atoms with Crippen molar-refractivity contribution < 1.29 is 14.3 Å². The fourth-order valence-electron chi connectivity index (χ4n) is 2.87. The van der Waals surface area contributed by atoms with Crippen molar-refractivity contribution in [1.82, 2.24) is 0 Å². The van der Waals surface area contributed by atoms with Crippen molar-refractivity contribution in [3.05, 3.63) is 35.4 Å². The topological polar surface area (TPSA) is 40.0 Å². The summed E-state index contributed by atoms with van der Waals surface area (Å²) in [4.78, 5) is 4.76. The van der Waals surface area contributed by atoms with E-state index in [-0.39, 0.29) is 0 Å². The molecule has 0 saturated carbocycles. The highest BCUT2D eigenvalue weighted by atomic mass is 32.2. The van der Waals surface area contributed by atoms with Crippen LogP contribution in [0, 0.1) is 13.8 Å². The molecular formula is C23H37NO3S. The van der Waals surface area contributed by atoms with E-state index in [9.17, 15) is 0 Å². The van der Waals surface area contributed by atoms with Crippen molar-refractivity contribution in [2.24, 2.45) is 5.16 Å². The van der Waals surface area contributed by atoms with Gasteiger partial charge in [-0.05, 0) is 69.5 Å². The van der Waals surface area contributed by atoms with Crippen LogP contribution in [0.5, 0.6) is 11.5 Å². The standard InChI is InChI=1S/C23H37NO3S/c1-6-7-13-26-22-16-19(2)23(20(3)17-22)27-14-11-9-8-10-12-15-28-18-21(4)24-25-5/h6-7,16-17H,8-15,18H2,1-5H3/b7-6+,24-21+. The van der Waals surface area contributed by atoms with Crippen LogP contribution in [0.15, 0.2) is 29.4 Å². The summed E-state index contributed by atoms with van der Waals surface area (Å²) in [6.07, 6.45) is 10.1. The van der Waals surface area contributed by atoms with Crippen molar-refractivity contribution in [3.63, 3.8) is 0 Å². The van der Waals surface area contributed by atoms with Crippen LogP contribution in [0.4, 0.5) is 0 Å². The SMILES string of the molecule is C/C=C/COc1cc(C)c(OCCCCCCCSC/C(C)=N/OC)c(C)c1. The smallest absolute Gasteiger partial charge is 0.125 e. The summed E-state index contributed by atoms with van der Waals surface area (Å²) in [5.41, 5.74) is 3.33. The van der Waals surface area contributed by atoms with Crippen molar-refractivity contribution in [2.75, 3.05) is 31.8 Å². The average molecular weight is 408 g/mol. The third-order valence-electron chi connectivity index (χ3n) is 4.25. The largest absolute Gasteiger partial charge is 0.493 e. The number of allylic oxidation sites excluding steroid dienone is 1. The maximum absolute atomic E-state index is 6.04. The number of benzene rings is 1. The van der Waals surface area contributed by atoms with E-state index in [0.29, 0.717) is 6.61 Å². The van der Waals surface area contributed by atoms with Crippen molar-refractivity contribution >= 4 is 17.5 Å². The molecule has 0 N–H and O–H groups in total. The molecular weight excluding hydrogens is 370 g/mol. The van der Waals surface area contributed by atoms with Gasteiger partial charge in [-0.1, -0.05) is 36.6 Å². The third kappa shape index (κ3) is 10.6. The van der Waals surface area contributed by atoms with Gasteiger partial charge in [-0.25, -0.2) is 0 Å². The van der Waals surface area contributed by atoms with Crippen LogP contribution in [-0.4, -0.2) is 37.5 Å². The van der Waals surface area contributed by atoms with Gasteiger partial charge in [-0.3, -0.25) is 0 Å². The van der Waals surface area contributed by atoms with Gasteiger partial charge < -0.3 is 14.3 Å². The minimum absolute atomic E-state index is 0.606. The number of ether oxygens (including phenoxy) is 2. The molecule has 0 atom stereocenters. The van der Waals surface area contributed by atoms with E-state index in [4.69, 9.17) is 14.3 Å². The van der Waals surface area contributed by atoms with Gasteiger partial charge in [0.2, 0.25) is 0 Å². The van der Waals surface area contributed by atoms with Crippen molar-refractivity contribution in [3.8, 4) is 11.5 Å². The van der Waals surface area contributed by atoms with Crippen LogP contribution >= 0.6 is 11.8 Å². The second-order valence-corrected chi connectivity index (χ2v) is 8.05. The van der Waals surface area contributed by atoms with Crippen LogP contribution in [-0.2, 0) is 4.84 Å². The molecule has 158 valence electrons. The summed E-state index contributed by atoms with van der Waals surface area (Å²) in [7, 11) is 1.59. The van der Waals surface area contributed by atoms with Gasteiger partial charge in [0.15, 0.2) is 0 Å². The zero-order valence-corrected chi connectivity index (χ0v) is 19.1. The Morgan fingerprint density at radius 3 is 2.39 bits per heavy atom. The highest BCUT2D eigenvalue weighted by molar-refractivity contribution is 7.99. The monoisotopic (exact) mass is 407 g/mol. The predicted octanol–water partition coefficient (Wildman–Crippen LogP) is 6.34. The summed E-state index contributed by atoms with van der Waals surface area (Å²) in [5, 5.41) is 3.92. The molecule has 0 fully saturated rings. The second-order valence-electron chi connectivity index (χ2n) is 6.94. The molecule has 0 unspecified atom stereocenters. The fourth-order valence-corrected chi connectivity index (χ4v) is 3.78. The molecule has 0 heterocycles. The predicted molar refractivity (Wildman–Crippen MR) is 122 cm³/mol. The van der Waals surface area contributed by atoms with Crippen LogP contribution in [0.25, 0.3) is 0 Å². The lowest BCUT2D eigenvalue weighted by Crippen LogP contribution is -2.02. The zero-order chi connectivity index (χ0) is 20.6. The number of oxime groups is 1. The number of nitrogens with zero attached hydrogens (tertiary/aromatic N) is 1. The maximum Gasteiger partial charge on any atom is 0.125 e. The summed E-state index contributed by atoms with van der Waals surface area (Å²) < 4.78 is 11.8. The number of rotatable bonds is 15. The second kappa shape index (κ2) is 15.3. The van der Waals surface area contributed by atoms with E-state index >= 15 is 0 Å².